The Balaban J connectivity index is 0.00000289. The van der Waals surface area contributed by atoms with E-state index in [-0.39, 0.29) is 24.9 Å². The SMILES string of the molecule is Cc1ccc2nc(N(CCCN3CCOCC3)C(=O)COc3ccc4ccccc4c3)sc2c1.Cl. The van der Waals surface area contributed by atoms with Crippen LogP contribution < -0.4 is 9.64 Å². The molecular formula is C27H30ClN3O3S. The maximum absolute atomic E-state index is 13.3. The number of carbonyl (C=O) groups is 1. The highest BCUT2D eigenvalue weighted by Crippen LogP contribution is 2.30. The Morgan fingerprint density at radius 1 is 1.09 bits per heavy atom. The van der Waals surface area contributed by atoms with Crippen LogP contribution in [0.2, 0.25) is 0 Å². The molecule has 8 heteroatoms. The van der Waals surface area contributed by atoms with E-state index in [1.54, 1.807) is 16.2 Å². The molecule has 0 spiro atoms. The molecule has 1 saturated heterocycles. The van der Waals surface area contributed by atoms with E-state index in [2.05, 4.69) is 30.0 Å². The molecule has 0 aliphatic carbocycles. The van der Waals surface area contributed by atoms with E-state index in [0.29, 0.717) is 12.3 Å². The van der Waals surface area contributed by atoms with Gasteiger partial charge in [-0.15, -0.1) is 12.4 Å². The lowest BCUT2D eigenvalue weighted by atomic mass is 10.1. The molecule has 0 saturated carbocycles. The highest BCUT2D eigenvalue weighted by molar-refractivity contribution is 7.22. The average Bonchev–Trinajstić information content (AvgIpc) is 3.28. The fourth-order valence-electron chi connectivity index (χ4n) is 4.22. The molecule has 0 N–H and O–H groups in total. The average molecular weight is 512 g/mol. The fraction of sp³-hybridized carbons (Fsp3) is 0.333. The fourth-order valence-corrected chi connectivity index (χ4v) is 5.33. The van der Waals surface area contributed by atoms with Crippen LogP contribution in [-0.2, 0) is 9.53 Å². The van der Waals surface area contributed by atoms with Crippen molar-refractivity contribution in [3.8, 4) is 5.75 Å². The van der Waals surface area contributed by atoms with E-state index in [1.165, 1.54) is 5.56 Å². The first-order valence-electron chi connectivity index (χ1n) is 11.7. The first-order chi connectivity index (χ1) is 16.7. The Morgan fingerprint density at radius 2 is 1.89 bits per heavy atom. The first-order valence-corrected chi connectivity index (χ1v) is 12.6. The number of morpholine rings is 1. The Hall–Kier alpha value is -2.71. The smallest absolute Gasteiger partial charge is 0.266 e. The first kappa shape index (κ1) is 25.4. The quantitative estimate of drug-likeness (QED) is 0.321. The highest BCUT2D eigenvalue weighted by atomic mass is 35.5. The van der Waals surface area contributed by atoms with E-state index >= 15 is 0 Å². The van der Waals surface area contributed by atoms with Crippen molar-refractivity contribution in [3.05, 3.63) is 66.2 Å². The van der Waals surface area contributed by atoms with Gasteiger partial charge in [0.25, 0.3) is 5.91 Å². The van der Waals surface area contributed by atoms with Crippen LogP contribution >= 0.6 is 23.7 Å². The van der Waals surface area contributed by atoms with Crippen molar-refractivity contribution >= 4 is 55.8 Å². The summed E-state index contributed by atoms with van der Waals surface area (Å²) in [5.74, 6) is 0.617. The highest BCUT2D eigenvalue weighted by Gasteiger charge is 2.21. The lowest BCUT2D eigenvalue weighted by Crippen LogP contribution is -2.40. The molecular weight excluding hydrogens is 482 g/mol. The van der Waals surface area contributed by atoms with Gasteiger partial charge < -0.3 is 9.47 Å². The Labute approximate surface area is 215 Å². The second kappa shape index (κ2) is 11.8. The Morgan fingerprint density at radius 3 is 2.71 bits per heavy atom. The Bertz CT molecular complexity index is 1290. The molecule has 0 unspecified atom stereocenters. The van der Waals surface area contributed by atoms with Crippen molar-refractivity contribution in [1.82, 2.24) is 9.88 Å². The molecule has 1 aliphatic heterocycles. The third kappa shape index (κ3) is 6.30. The number of amides is 1. The van der Waals surface area contributed by atoms with Crippen molar-refractivity contribution in [2.75, 3.05) is 50.9 Å². The zero-order valence-corrected chi connectivity index (χ0v) is 21.4. The molecule has 1 amide bonds. The summed E-state index contributed by atoms with van der Waals surface area (Å²) in [5, 5.41) is 2.97. The van der Waals surface area contributed by atoms with Gasteiger partial charge in [0.2, 0.25) is 0 Å². The van der Waals surface area contributed by atoms with Crippen molar-refractivity contribution in [2.45, 2.75) is 13.3 Å². The number of aromatic nitrogens is 1. The van der Waals surface area contributed by atoms with Crippen LogP contribution in [0.5, 0.6) is 5.75 Å². The van der Waals surface area contributed by atoms with Gasteiger partial charge in [-0.1, -0.05) is 47.7 Å². The molecule has 1 aromatic heterocycles. The molecule has 2 heterocycles. The van der Waals surface area contributed by atoms with Crippen LogP contribution in [0.15, 0.2) is 60.7 Å². The number of nitrogens with zero attached hydrogens (tertiary/aromatic N) is 3. The van der Waals surface area contributed by atoms with Gasteiger partial charge in [-0.3, -0.25) is 14.6 Å². The topological polar surface area (TPSA) is 54.9 Å². The minimum atomic E-state index is -0.0779. The van der Waals surface area contributed by atoms with Gasteiger partial charge in [0.05, 0.1) is 23.4 Å². The van der Waals surface area contributed by atoms with Gasteiger partial charge >= 0.3 is 0 Å². The summed E-state index contributed by atoms with van der Waals surface area (Å²) in [7, 11) is 0. The molecule has 1 fully saturated rings. The number of fused-ring (bicyclic) bond motifs is 2. The molecule has 184 valence electrons. The number of benzene rings is 3. The number of aryl methyl sites for hydroxylation is 1. The number of halogens is 1. The predicted molar refractivity (Wildman–Crippen MR) is 145 cm³/mol. The van der Waals surface area contributed by atoms with Gasteiger partial charge in [-0.05, 0) is 53.9 Å². The van der Waals surface area contributed by atoms with Gasteiger partial charge in [0.1, 0.15) is 5.75 Å². The third-order valence-corrected chi connectivity index (χ3v) is 7.15. The summed E-state index contributed by atoms with van der Waals surface area (Å²) in [6.07, 6.45) is 0.872. The number of anilines is 1. The summed E-state index contributed by atoms with van der Waals surface area (Å²) < 4.78 is 12.5. The van der Waals surface area contributed by atoms with Crippen LogP contribution in [0.4, 0.5) is 5.13 Å². The van der Waals surface area contributed by atoms with Crippen molar-refractivity contribution in [2.24, 2.45) is 0 Å². The van der Waals surface area contributed by atoms with Crippen molar-refractivity contribution in [3.63, 3.8) is 0 Å². The van der Waals surface area contributed by atoms with Crippen LogP contribution in [-0.4, -0.2) is 61.8 Å². The standard InChI is InChI=1S/C27H29N3O3S.ClH/c1-20-7-10-24-25(17-20)34-27(28-24)30(12-4-11-29-13-15-32-16-14-29)26(31)19-33-23-9-8-21-5-2-3-6-22(21)18-23;/h2-3,5-10,17-18H,4,11-16,19H2,1H3;1H. The summed E-state index contributed by atoms with van der Waals surface area (Å²) in [4.78, 5) is 22.3. The van der Waals surface area contributed by atoms with Crippen molar-refractivity contribution in [1.29, 1.82) is 0 Å². The number of hydrogen-bond acceptors (Lipinski definition) is 6. The zero-order valence-electron chi connectivity index (χ0n) is 19.8. The van der Waals surface area contributed by atoms with E-state index in [9.17, 15) is 4.79 Å². The summed E-state index contributed by atoms with van der Waals surface area (Å²) in [6, 6.07) is 20.2. The number of thiazole rings is 1. The molecule has 35 heavy (non-hydrogen) atoms. The van der Waals surface area contributed by atoms with E-state index < -0.39 is 0 Å². The summed E-state index contributed by atoms with van der Waals surface area (Å²) in [5.41, 5.74) is 2.11. The monoisotopic (exact) mass is 511 g/mol. The second-order valence-electron chi connectivity index (χ2n) is 8.62. The minimum Gasteiger partial charge on any atom is -0.484 e. The summed E-state index contributed by atoms with van der Waals surface area (Å²) >= 11 is 1.56. The number of carbonyl (C=O) groups excluding carboxylic acids is 1. The van der Waals surface area contributed by atoms with E-state index in [4.69, 9.17) is 14.5 Å². The van der Waals surface area contributed by atoms with Gasteiger partial charge in [0, 0.05) is 26.2 Å². The zero-order chi connectivity index (χ0) is 23.3. The van der Waals surface area contributed by atoms with E-state index in [1.807, 2.05) is 42.5 Å². The normalized spacial score (nSPS) is 14.1. The molecule has 0 radical (unpaired) electrons. The van der Waals surface area contributed by atoms with Gasteiger partial charge in [-0.25, -0.2) is 4.98 Å². The molecule has 3 aromatic carbocycles. The predicted octanol–water partition coefficient (Wildman–Crippen LogP) is 5.31. The van der Waals surface area contributed by atoms with Crippen LogP contribution in [0.25, 0.3) is 21.0 Å². The van der Waals surface area contributed by atoms with Crippen molar-refractivity contribution < 1.29 is 14.3 Å². The molecule has 5 rings (SSSR count). The van der Waals surface area contributed by atoms with Gasteiger partial charge in [0.15, 0.2) is 11.7 Å². The number of hydrogen-bond donors (Lipinski definition) is 0. The molecule has 6 nitrogen and oxygen atoms in total. The van der Waals surface area contributed by atoms with Crippen LogP contribution in [0, 0.1) is 6.92 Å². The third-order valence-electron chi connectivity index (χ3n) is 6.11. The number of ether oxygens (including phenoxy) is 2. The second-order valence-corrected chi connectivity index (χ2v) is 9.63. The molecule has 0 atom stereocenters. The van der Waals surface area contributed by atoms with Crippen LogP contribution in [0.1, 0.15) is 12.0 Å². The van der Waals surface area contributed by atoms with E-state index in [0.717, 1.165) is 65.4 Å². The van der Waals surface area contributed by atoms with Crippen LogP contribution in [0.3, 0.4) is 0 Å². The molecule has 4 aromatic rings. The molecule has 0 bridgehead atoms. The lowest BCUT2D eigenvalue weighted by molar-refractivity contribution is -0.120. The largest absolute Gasteiger partial charge is 0.484 e. The Kier molecular flexibility index (Phi) is 8.57. The van der Waals surface area contributed by atoms with Gasteiger partial charge in [-0.2, -0.15) is 0 Å². The number of rotatable bonds is 8. The maximum atomic E-state index is 13.3. The summed E-state index contributed by atoms with van der Waals surface area (Å²) in [6.45, 7) is 7.03. The minimum absolute atomic E-state index is 0. The lowest BCUT2D eigenvalue weighted by Gasteiger charge is -2.27. The molecule has 1 aliphatic rings. The maximum Gasteiger partial charge on any atom is 0.266 e.